The number of aromatic nitrogens is 2. The number of halogens is 1. The third kappa shape index (κ3) is 4.31. The van der Waals surface area contributed by atoms with E-state index < -0.39 is 0 Å². The van der Waals surface area contributed by atoms with Crippen LogP contribution in [-0.2, 0) is 13.1 Å². The van der Waals surface area contributed by atoms with Crippen molar-refractivity contribution in [3.63, 3.8) is 0 Å². The molecule has 35 heavy (non-hydrogen) atoms. The van der Waals surface area contributed by atoms with E-state index in [-0.39, 0.29) is 29.3 Å². The van der Waals surface area contributed by atoms with Gasteiger partial charge in [0.2, 0.25) is 12.1 Å². The smallest absolute Gasteiger partial charge is 0.245 e. The second-order valence-electron chi connectivity index (χ2n) is 8.42. The Bertz CT molecular complexity index is 1620. The van der Waals surface area contributed by atoms with E-state index in [0.29, 0.717) is 6.54 Å². The Kier molecular flexibility index (Phi) is 6.34. The maximum Gasteiger partial charge on any atom is 0.245 e. The lowest BCUT2D eigenvalue weighted by Gasteiger charge is -2.02. The number of carbonyl (C=O) groups is 1. The molecule has 172 valence electrons. The molecule has 0 unspecified atom stereocenters. The summed E-state index contributed by atoms with van der Waals surface area (Å²) in [5.74, 6) is 0.971. The van der Waals surface area contributed by atoms with Crippen molar-refractivity contribution in [1.29, 1.82) is 0 Å². The van der Waals surface area contributed by atoms with Crippen LogP contribution in [0, 0.1) is 0 Å². The summed E-state index contributed by atoms with van der Waals surface area (Å²) in [5, 5.41) is 1.10. The van der Waals surface area contributed by atoms with Gasteiger partial charge in [0, 0.05) is 22.1 Å². The van der Waals surface area contributed by atoms with Crippen LogP contribution in [0.3, 0.4) is 0 Å². The van der Waals surface area contributed by atoms with Crippen molar-refractivity contribution in [2.75, 3.05) is 0 Å². The Morgan fingerprint density at radius 1 is 0.771 bits per heavy atom. The van der Waals surface area contributed by atoms with Crippen LogP contribution in [0.4, 0.5) is 0 Å². The van der Waals surface area contributed by atoms with E-state index in [1.54, 1.807) is 0 Å². The van der Waals surface area contributed by atoms with Gasteiger partial charge in [0.1, 0.15) is 17.9 Å². The van der Waals surface area contributed by atoms with Crippen LogP contribution in [0.25, 0.3) is 33.3 Å². The van der Waals surface area contributed by atoms with Crippen molar-refractivity contribution < 1.29 is 30.8 Å². The molecule has 0 aliphatic rings. The molecule has 6 aromatic rings. The molecule has 0 spiro atoms. The fourth-order valence-corrected chi connectivity index (χ4v) is 4.61. The number of benzene rings is 4. The summed E-state index contributed by atoms with van der Waals surface area (Å²) in [5.41, 5.74) is 5.88. The Morgan fingerprint density at radius 3 is 2.23 bits per heavy atom. The molecule has 2 aromatic heterocycles. The molecule has 4 nitrogen and oxygen atoms in total. The molecule has 0 fully saturated rings. The number of carbonyl (C=O) groups excluding carboxylic acids is 1. The van der Waals surface area contributed by atoms with Gasteiger partial charge >= 0.3 is 0 Å². The Hall–Kier alpha value is -3.96. The first-order chi connectivity index (χ1) is 16.8. The Balaban J connectivity index is 0.00000253. The molecule has 5 heteroatoms. The number of hydrogen-bond donors (Lipinski definition) is 0. The minimum absolute atomic E-state index is 0. The van der Waals surface area contributed by atoms with Gasteiger partial charge in [-0.3, -0.25) is 4.79 Å². The summed E-state index contributed by atoms with van der Waals surface area (Å²) in [7, 11) is 0. The summed E-state index contributed by atoms with van der Waals surface area (Å²) in [6, 6.07) is 36.1. The molecular weight excluding hydrogens is 500 g/mol. The number of hydrogen-bond acceptors (Lipinski definition) is 2. The fraction of sp³-hybridized carbons (Fsp3) is 0.0667. The van der Waals surface area contributed by atoms with Gasteiger partial charge in [-0.1, -0.05) is 91.0 Å². The topological polar surface area (TPSA) is 39.0 Å². The normalized spacial score (nSPS) is 11.0. The van der Waals surface area contributed by atoms with Gasteiger partial charge in [-0.05, 0) is 18.2 Å². The molecule has 2 heterocycles. The van der Waals surface area contributed by atoms with E-state index in [0.717, 1.165) is 44.5 Å². The summed E-state index contributed by atoms with van der Waals surface area (Å²) in [6.07, 6.45) is 2.04. The van der Waals surface area contributed by atoms with E-state index in [1.165, 1.54) is 0 Å². The van der Waals surface area contributed by atoms with Crippen LogP contribution in [0.2, 0.25) is 0 Å². The zero-order valence-corrected chi connectivity index (χ0v) is 20.6. The minimum Gasteiger partial charge on any atom is -1.00 e. The van der Waals surface area contributed by atoms with E-state index in [2.05, 4.69) is 34.9 Å². The number of Topliss-reactive ketones (excluding diaryl/α,β-unsaturated/α-hetero) is 1. The fourth-order valence-electron chi connectivity index (χ4n) is 4.61. The molecule has 6 rings (SSSR count). The predicted molar refractivity (Wildman–Crippen MR) is 134 cm³/mol. The van der Waals surface area contributed by atoms with Gasteiger partial charge in [-0.2, -0.15) is 0 Å². The van der Waals surface area contributed by atoms with Gasteiger partial charge in [-0.15, -0.1) is 0 Å². The highest BCUT2D eigenvalue weighted by atomic mass is 79.9. The molecule has 0 saturated carbocycles. The third-order valence-corrected chi connectivity index (χ3v) is 6.25. The first kappa shape index (κ1) is 22.8. The van der Waals surface area contributed by atoms with Crippen LogP contribution < -0.4 is 21.5 Å². The number of fused-ring (bicyclic) bond motifs is 2. The van der Waals surface area contributed by atoms with Crippen LogP contribution in [-0.4, -0.2) is 10.4 Å². The van der Waals surface area contributed by atoms with Crippen molar-refractivity contribution in [1.82, 2.24) is 4.57 Å². The highest BCUT2D eigenvalue weighted by Crippen LogP contribution is 2.33. The minimum atomic E-state index is 0. The van der Waals surface area contributed by atoms with Gasteiger partial charge in [0.25, 0.3) is 0 Å². The summed E-state index contributed by atoms with van der Waals surface area (Å²) in [4.78, 5) is 13.0. The lowest BCUT2D eigenvalue weighted by Crippen LogP contribution is -3.00. The first-order valence-electron chi connectivity index (χ1n) is 11.4. The van der Waals surface area contributed by atoms with Crippen LogP contribution >= 0.6 is 0 Å². The highest BCUT2D eigenvalue weighted by Gasteiger charge is 2.22. The molecule has 4 aromatic carbocycles. The monoisotopic (exact) mass is 522 g/mol. The molecule has 0 bridgehead atoms. The Morgan fingerprint density at radius 2 is 1.43 bits per heavy atom. The van der Waals surface area contributed by atoms with Gasteiger partial charge in [0.05, 0.1) is 0 Å². The predicted octanol–water partition coefficient (Wildman–Crippen LogP) is 3.28. The molecule has 0 aliphatic heterocycles. The number of furan rings is 1. The maximum absolute atomic E-state index is 13.0. The summed E-state index contributed by atoms with van der Waals surface area (Å²) >= 11 is 0. The van der Waals surface area contributed by atoms with Crippen molar-refractivity contribution >= 4 is 27.8 Å². The highest BCUT2D eigenvalue weighted by molar-refractivity contribution is 5.96. The molecule has 0 N–H and O–H groups in total. The van der Waals surface area contributed by atoms with Crippen molar-refractivity contribution in [3.05, 3.63) is 127 Å². The lowest BCUT2D eigenvalue weighted by molar-refractivity contribution is -0.662. The van der Waals surface area contributed by atoms with Crippen LogP contribution in [0.1, 0.15) is 15.9 Å². The molecule has 0 aliphatic carbocycles. The van der Waals surface area contributed by atoms with Crippen LogP contribution in [0.5, 0.6) is 0 Å². The third-order valence-electron chi connectivity index (χ3n) is 6.25. The molecule has 0 radical (unpaired) electrons. The van der Waals surface area contributed by atoms with Crippen LogP contribution in [0.15, 0.2) is 120 Å². The molecular formula is C30H23BrN2O2. The zero-order valence-electron chi connectivity index (χ0n) is 19.0. The average molecular weight is 523 g/mol. The quantitative estimate of drug-likeness (QED) is 0.249. The molecule has 0 saturated heterocycles. The molecule has 0 amide bonds. The average Bonchev–Trinajstić information content (AvgIpc) is 3.44. The zero-order chi connectivity index (χ0) is 22.9. The second-order valence-corrected chi connectivity index (χ2v) is 8.42. The largest absolute Gasteiger partial charge is 1.00 e. The second kappa shape index (κ2) is 9.72. The van der Waals surface area contributed by atoms with Gasteiger partial charge < -0.3 is 21.4 Å². The first-order valence-corrected chi connectivity index (χ1v) is 11.4. The van der Waals surface area contributed by atoms with Crippen molar-refractivity contribution in [2.45, 2.75) is 13.1 Å². The van der Waals surface area contributed by atoms with Gasteiger partial charge in [0.15, 0.2) is 17.6 Å². The summed E-state index contributed by atoms with van der Waals surface area (Å²) in [6.45, 7) is 0.920. The summed E-state index contributed by atoms with van der Waals surface area (Å²) < 4.78 is 10.6. The Labute approximate surface area is 213 Å². The van der Waals surface area contributed by atoms with E-state index >= 15 is 0 Å². The number of nitrogens with zero attached hydrogens (tertiary/aromatic N) is 2. The van der Waals surface area contributed by atoms with E-state index in [9.17, 15) is 4.79 Å². The number of ketones is 1. The number of para-hydroxylation sites is 3. The van der Waals surface area contributed by atoms with Crippen molar-refractivity contribution in [2.24, 2.45) is 0 Å². The van der Waals surface area contributed by atoms with E-state index in [4.69, 9.17) is 4.42 Å². The lowest BCUT2D eigenvalue weighted by atomic mass is 10.1. The SMILES string of the molecule is O=C(Cn1c[n+](Cc2c(-c3ccccc3)oc3ccccc23)c2ccccc21)c1ccccc1.[Br-]. The molecule has 0 atom stereocenters. The van der Waals surface area contributed by atoms with Gasteiger partial charge in [-0.25, -0.2) is 9.13 Å². The standard InChI is InChI=1S/C30H23N2O2.BrH/c33-28(22-11-3-1-4-12-22)20-32-21-31(26-16-8-9-17-27(26)32)19-25-24-15-7-10-18-29(24)34-30(25)23-13-5-2-6-14-23;/h1-18,21H,19-20H2;1H/q+1;/p-1. The number of imidazole rings is 1. The van der Waals surface area contributed by atoms with E-state index in [1.807, 2.05) is 89.8 Å². The number of rotatable bonds is 6. The maximum atomic E-state index is 13.0. The van der Waals surface area contributed by atoms with Crippen molar-refractivity contribution in [3.8, 4) is 11.3 Å².